The lowest BCUT2D eigenvalue weighted by atomic mass is 10.0. The largest absolute Gasteiger partial charge is 0.411 e. The topological polar surface area (TPSA) is 114 Å². The third-order valence-corrected chi connectivity index (χ3v) is 6.80. The van der Waals surface area contributed by atoms with Crippen molar-refractivity contribution in [3.8, 4) is 0 Å². The fourth-order valence-electron chi connectivity index (χ4n) is 5.12. The minimum atomic E-state index is -4.41. The lowest BCUT2D eigenvalue weighted by Crippen LogP contribution is -2.51. The molecule has 2 bridgehead atoms. The molecule has 2 fully saturated rings. The van der Waals surface area contributed by atoms with Gasteiger partial charge in [-0.2, -0.15) is 18.3 Å². The van der Waals surface area contributed by atoms with Gasteiger partial charge >= 0.3 is 6.18 Å². The third kappa shape index (κ3) is 5.68. The fraction of sp³-hybridized carbons (Fsp3) is 0.625. The Labute approximate surface area is 212 Å². The number of nitrogens with zero attached hydrogens (tertiary/aromatic N) is 6. The average Bonchev–Trinajstić information content (AvgIpc) is 3.39. The zero-order valence-corrected chi connectivity index (χ0v) is 20.9. The number of methoxy groups -OCH3 is 1. The summed E-state index contributed by atoms with van der Waals surface area (Å²) in [5.41, 5.74) is 3.63. The van der Waals surface area contributed by atoms with Crippen LogP contribution >= 0.6 is 0 Å². The third-order valence-electron chi connectivity index (χ3n) is 6.80. The molecule has 5 rings (SSSR count). The van der Waals surface area contributed by atoms with Crippen molar-refractivity contribution in [1.29, 1.82) is 5.41 Å². The van der Waals surface area contributed by atoms with Crippen molar-refractivity contribution >= 4 is 28.4 Å². The summed E-state index contributed by atoms with van der Waals surface area (Å²) >= 11 is 0. The van der Waals surface area contributed by atoms with E-state index in [0.717, 1.165) is 37.9 Å². The first-order chi connectivity index (χ1) is 17.7. The smallest absolute Gasteiger partial charge is 0.378 e. The minimum absolute atomic E-state index is 0.0401. The van der Waals surface area contributed by atoms with Crippen LogP contribution in [0.2, 0.25) is 0 Å². The normalized spacial score (nSPS) is 21.9. The summed E-state index contributed by atoms with van der Waals surface area (Å²) < 4.78 is 49.5. The van der Waals surface area contributed by atoms with E-state index in [-0.39, 0.29) is 25.5 Å². The van der Waals surface area contributed by atoms with Crippen molar-refractivity contribution < 1.29 is 22.6 Å². The van der Waals surface area contributed by atoms with Crippen molar-refractivity contribution in [1.82, 2.24) is 25.1 Å². The van der Waals surface area contributed by atoms with Gasteiger partial charge in [-0.3, -0.25) is 15.1 Å². The van der Waals surface area contributed by atoms with Crippen LogP contribution in [0.1, 0.15) is 37.6 Å². The Hall–Kier alpha value is -2.90. The van der Waals surface area contributed by atoms with Gasteiger partial charge in [-0.05, 0) is 32.3 Å². The first-order valence-electron chi connectivity index (χ1n) is 12.4. The molecular weight excluding hydrogens is 489 g/mol. The van der Waals surface area contributed by atoms with E-state index in [4.69, 9.17) is 24.9 Å². The van der Waals surface area contributed by atoms with Crippen LogP contribution in [0.3, 0.4) is 0 Å². The molecule has 0 radical (unpaired) electrons. The van der Waals surface area contributed by atoms with E-state index in [1.165, 1.54) is 4.68 Å². The first kappa shape index (κ1) is 25.7. The predicted octanol–water partition coefficient (Wildman–Crippen LogP) is 2.65. The second-order valence-corrected chi connectivity index (χ2v) is 9.77. The Kier molecular flexibility index (Phi) is 7.28. The number of anilines is 1. The molecule has 200 valence electrons. The number of hydrogen-bond acceptors (Lipinski definition) is 9. The molecule has 2 N–H and O–H groups in total. The van der Waals surface area contributed by atoms with E-state index in [1.807, 2.05) is 13.0 Å². The lowest BCUT2D eigenvalue weighted by Gasteiger charge is -2.33. The van der Waals surface area contributed by atoms with Gasteiger partial charge in [0.2, 0.25) is 5.95 Å². The highest BCUT2D eigenvalue weighted by molar-refractivity contribution is 6.52. The van der Waals surface area contributed by atoms with Gasteiger partial charge < -0.3 is 19.7 Å². The number of nitrogens with one attached hydrogen (secondary N) is 2. The van der Waals surface area contributed by atoms with E-state index in [1.54, 1.807) is 7.11 Å². The molecule has 2 aromatic rings. The van der Waals surface area contributed by atoms with Gasteiger partial charge in [0.05, 0.1) is 25.5 Å². The number of fused-ring (bicyclic) bond motifs is 3. The molecule has 2 unspecified atom stereocenters. The molecule has 2 aromatic heterocycles. The molecule has 0 spiro atoms. The van der Waals surface area contributed by atoms with E-state index in [2.05, 4.69) is 20.3 Å². The molecule has 5 heterocycles. The summed E-state index contributed by atoms with van der Waals surface area (Å²) in [4.78, 5) is 16.4. The summed E-state index contributed by atoms with van der Waals surface area (Å²) in [6.45, 7) is 2.74. The molecule has 0 saturated carbocycles. The lowest BCUT2D eigenvalue weighted by molar-refractivity contribution is -0.174. The highest BCUT2D eigenvalue weighted by Gasteiger charge is 2.34. The van der Waals surface area contributed by atoms with Crippen LogP contribution in [-0.4, -0.2) is 89.4 Å². The summed E-state index contributed by atoms with van der Waals surface area (Å²) in [6.07, 6.45) is 0.491. The Morgan fingerprint density at radius 3 is 2.65 bits per heavy atom. The number of allylic oxidation sites excluding steroid dienone is 1. The summed E-state index contributed by atoms with van der Waals surface area (Å²) in [5, 5.41) is 17.2. The number of dihydropyridines is 1. The molecule has 3 aliphatic rings. The summed E-state index contributed by atoms with van der Waals surface area (Å²) in [7, 11) is 1.54. The second-order valence-electron chi connectivity index (χ2n) is 9.77. The number of aliphatic imine (C=N–C) groups is 1. The molecular formula is C24H31F3N8O2. The van der Waals surface area contributed by atoms with Crippen molar-refractivity contribution in [3.05, 3.63) is 23.0 Å². The molecule has 0 aliphatic carbocycles. The zero-order chi connectivity index (χ0) is 26.2. The highest BCUT2D eigenvalue weighted by atomic mass is 19.4. The van der Waals surface area contributed by atoms with Crippen LogP contribution in [0, 0.1) is 5.41 Å². The standard InChI is InChI=1S/C24H31F3N8O2/c1-14-5-6-29-17(9-14)19(28)21-22-20(31-23(32-21)34-10-15-3-4-16(11-34)30-15)18(12-36-2)33-35(22)7-8-37-13-24(25,26)27/h9,15-16,28,30H,3-8,10-13H2,1-2H3. The number of ether oxygens (including phenoxy) is 2. The van der Waals surface area contributed by atoms with Gasteiger partial charge in [-0.15, -0.1) is 0 Å². The Morgan fingerprint density at radius 1 is 1.22 bits per heavy atom. The van der Waals surface area contributed by atoms with Crippen LogP contribution in [0.25, 0.3) is 11.0 Å². The van der Waals surface area contributed by atoms with Gasteiger partial charge in [0.1, 0.15) is 34.7 Å². The van der Waals surface area contributed by atoms with Gasteiger partial charge in [0.25, 0.3) is 0 Å². The monoisotopic (exact) mass is 520 g/mol. The fourth-order valence-corrected chi connectivity index (χ4v) is 5.12. The van der Waals surface area contributed by atoms with Crippen molar-refractivity contribution in [2.24, 2.45) is 4.99 Å². The SMILES string of the molecule is COCc1nn(CCOCC(F)(F)F)c2c(C(=N)C3=NCCC(C)=C3)nc(N3CC4CCC(C3)N4)nc12. The molecule has 2 saturated heterocycles. The second kappa shape index (κ2) is 10.5. The maximum atomic E-state index is 12.6. The summed E-state index contributed by atoms with van der Waals surface area (Å²) in [5.74, 6) is 0.507. The van der Waals surface area contributed by atoms with Crippen LogP contribution in [0.15, 0.2) is 16.6 Å². The highest BCUT2D eigenvalue weighted by Crippen LogP contribution is 2.28. The van der Waals surface area contributed by atoms with Crippen molar-refractivity contribution in [3.63, 3.8) is 0 Å². The molecule has 2 atom stereocenters. The number of rotatable bonds is 9. The van der Waals surface area contributed by atoms with Crippen LogP contribution in [-0.2, 0) is 22.6 Å². The van der Waals surface area contributed by atoms with Crippen LogP contribution in [0.4, 0.5) is 19.1 Å². The quantitative estimate of drug-likeness (QED) is 0.386. The number of alkyl halides is 3. The van der Waals surface area contributed by atoms with E-state index in [0.29, 0.717) is 52.7 Å². The zero-order valence-electron chi connectivity index (χ0n) is 20.9. The summed E-state index contributed by atoms with van der Waals surface area (Å²) in [6, 6.07) is 0.724. The van der Waals surface area contributed by atoms with Crippen molar-refractivity contribution in [2.45, 2.75) is 57.6 Å². The molecule has 37 heavy (non-hydrogen) atoms. The molecule has 0 amide bonds. The minimum Gasteiger partial charge on any atom is -0.378 e. The molecule has 3 aliphatic heterocycles. The Morgan fingerprint density at radius 2 is 1.97 bits per heavy atom. The predicted molar refractivity (Wildman–Crippen MR) is 133 cm³/mol. The van der Waals surface area contributed by atoms with Gasteiger partial charge in [0.15, 0.2) is 0 Å². The van der Waals surface area contributed by atoms with Gasteiger partial charge in [0, 0.05) is 38.8 Å². The molecule has 0 aromatic carbocycles. The number of hydrogen-bond donors (Lipinski definition) is 2. The number of piperazine rings is 1. The van der Waals surface area contributed by atoms with E-state index in [9.17, 15) is 13.2 Å². The Balaban J connectivity index is 1.57. The Bertz CT molecular complexity index is 1230. The first-order valence-corrected chi connectivity index (χ1v) is 12.4. The number of aromatic nitrogens is 4. The molecule has 10 nitrogen and oxygen atoms in total. The maximum Gasteiger partial charge on any atom is 0.411 e. The van der Waals surface area contributed by atoms with Crippen molar-refractivity contribution in [2.75, 3.05) is 44.9 Å². The van der Waals surface area contributed by atoms with Crippen LogP contribution in [0.5, 0.6) is 0 Å². The number of halogens is 3. The van der Waals surface area contributed by atoms with E-state index >= 15 is 0 Å². The van der Waals surface area contributed by atoms with Crippen LogP contribution < -0.4 is 10.2 Å². The average molecular weight is 521 g/mol. The molecule has 13 heteroatoms. The van der Waals surface area contributed by atoms with Gasteiger partial charge in [-0.25, -0.2) is 9.97 Å². The van der Waals surface area contributed by atoms with E-state index < -0.39 is 12.8 Å². The maximum absolute atomic E-state index is 12.6. The van der Waals surface area contributed by atoms with Gasteiger partial charge in [-0.1, -0.05) is 5.57 Å².